The maximum atomic E-state index is 12.6. The van der Waals surface area contributed by atoms with Gasteiger partial charge < -0.3 is 9.84 Å². The van der Waals surface area contributed by atoms with Gasteiger partial charge in [0.05, 0.1) is 12.8 Å². The minimum absolute atomic E-state index is 0.468. The predicted octanol–water partition coefficient (Wildman–Crippen LogP) is 4.53. The Hall–Kier alpha value is -0.990. The van der Waals surface area contributed by atoms with Gasteiger partial charge in [-0.3, -0.25) is 4.52 Å². The Bertz CT molecular complexity index is 394. The summed E-state index contributed by atoms with van der Waals surface area (Å²) in [6, 6.07) is 7.39. The van der Waals surface area contributed by atoms with Crippen molar-refractivity contribution >= 4 is 13.3 Å². The summed E-state index contributed by atoms with van der Waals surface area (Å²) in [4.78, 5) is 0. The van der Waals surface area contributed by atoms with Gasteiger partial charge in [-0.05, 0) is 37.1 Å². The van der Waals surface area contributed by atoms with E-state index in [0.717, 1.165) is 24.9 Å². The molecule has 0 aliphatic heterocycles. The Morgan fingerprint density at radius 2 is 1.84 bits per heavy atom. The number of unbranched alkanes of at least 4 members (excludes halogenated alkanes) is 1. The first kappa shape index (κ1) is 16.1. The van der Waals surface area contributed by atoms with Gasteiger partial charge in [0.1, 0.15) is 5.75 Å². The molecule has 1 N–H and O–H groups in total. The van der Waals surface area contributed by atoms with Crippen LogP contribution in [0.3, 0.4) is 0 Å². The highest BCUT2D eigenvalue weighted by Gasteiger charge is 2.25. The first-order valence-electron chi connectivity index (χ1n) is 6.84. The third-order valence-corrected chi connectivity index (χ3v) is 4.59. The van der Waals surface area contributed by atoms with E-state index in [-0.39, 0.29) is 0 Å². The lowest BCUT2D eigenvalue weighted by molar-refractivity contribution is 0.264. The van der Waals surface area contributed by atoms with Gasteiger partial charge in [0, 0.05) is 12.7 Å². The van der Waals surface area contributed by atoms with Crippen molar-refractivity contribution in [1.82, 2.24) is 0 Å². The molecule has 108 valence electrons. The summed E-state index contributed by atoms with van der Waals surface area (Å²) in [5.41, 5.74) is 0.991. The molecular formula is C14H24NO3P. The van der Waals surface area contributed by atoms with Gasteiger partial charge in [0.15, 0.2) is 0 Å². The summed E-state index contributed by atoms with van der Waals surface area (Å²) < 4.78 is 23.7. The molecule has 0 saturated carbocycles. The molecule has 1 atom stereocenters. The molecule has 5 heteroatoms. The molecule has 0 aliphatic rings. The zero-order valence-corrected chi connectivity index (χ0v) is 12.9. The van der Waals surface area contributed by atoms with E-state index in [0.29, 0.717) is 18.5 Å². The van der Waals surface area contributed by atoms with Gasteiger partial charge in [-0.2, -0.15) is 0 Å². The molecule has 0 radical (unpaired) electrons. The first-order valence-corrected chi connectivity index (χ1v) is 8.57. The smallest absolute Gasteiger partial charge is 0.379 e. The van der Waals surface area contributed by atoms with E-state index < -0.39 is 7.60 Å². The molecule has 0 saturated heterocycles. The van der Waals surface area contributed by atoms with Gasteiger partial charge in [-0.1, -0.05) is 20.3 Å². The molecule has 1 aromatic carbocycles. The Kier molecular flexibility index (Phi) is 6.96. The second-order valence-electron chi connectivity index (χ2n) is 4.39. The molecule has 0 aliphatic carbocycles. The van der Waals surface area contributed by atoms with Gasteiger partial charge in [0.2, 0.25) is 0 Å². The molecule has 19 heavy (non-hydrogen) atoms. The van der Waals surface area contributed by atoms with Crippen molar-refractivity contribution in [3.63, 3.8) is 0 Å². The highest BCUT2D eigenvalue weighted by molar-refractivity contribution is 7.54. The fourth-order valence-corrected chi connectivity index (χ4v) is 3.44. The molecule has 0 amide bonds. The fourth-order valence-electron chi connectivity index (χ4n) is 1.56. The van der Waals surface area contributed by atoms with Gasteiger partial charge >= 0.3 is 7.60 Å². The van der Waals surface area contributed by atoms with Crippen LogP contribution in [0.5, 0.6) is 5.75 Å². The van der Waals surface area contributed by atoms with E-state index in [2.05, 4.69) is 12.2 Å². The van der Waals surface area contributed by atoms with Crippen molar-refractivity contribution in [2.24, 2.45) is 0 Å². The number of benzene rings is 1. The minimum Gasteiger partial charge on any atom is -0.424 e. The van der Waals surface area contributed by atoms with Crippen molar-refractivity contribution in [2.45, 2.75) is 33.1 Å². The highest BCUT2D eigenvalue weighted by Crippen LogP contribution is 2.49. The van der Waals surface area contributed by atoms with Crippen LogP contribution in [0.4, 0.5) is 5.69 Å². The SMILES string of the molecule is CCCCP(=O)(OCCC)Oc1ccc(NC)cc1. The van der Waals surface area contributed by atoms with Crippen LogP contribution in [-0.4, -0.2) is 19.8 Å². The molecule has 1 unspecified atom stereocenters. The molecule has 4 nitrogen and oxygen atoms in total. The largest absolute Gasteiger partial charge is 0.424 e. The summed E-state index contributed by atoms with van der Waals surface area (Å²) in [7, 11) is -1.16. The average Bonchev–Trinajstić information content (AvgIpc) is 2.44. The molecular weight excluding hydrogens is 261 g/mol. The number of anilines is 1. The minimum atomic E-state index is -3.02. The Morgan fingerprint density at radius 3 is 2.37 bits per heavy atom. The standard InChI is InChI=1S/C14H24NO3P/c1-4-6-12-19(16,17-11-5-2)18-14-9-7-13(15-3)8-10-14/h7-10,15H,4-6,11-12H2,1-3H3. The van der Waals surface area contributed by atoms with Crippen LogP contribution in [-0.2, 0) is 9.09 Å². The van der Waals surface area contributed by atoms with Crippen LogP contribution in [0, 0.1) is 0 Å². The van der Waals surface area contributed by atoms with E-state index in [1.54, 1.807) is 12.1 Å². The third kappa shape index (κ3) is 5.66. The van der Waals surface area contributed by atoms with E-state index >= 15 is 0 Å². The second-order valence-corrected chi connectivity index (χ2v) is 6.50. The lowest BCUT2D eigenvalue weighted by Crippen LogP contribution is -2.03. The van der Waals surface area contributed by atoms with Gasteiger partial charge in [-0.25, -0.2) is 4.57 Å². The van der Waals surface area contributed by atoms with Gasteiger partial charge in [-0.15, -0.1) is 0 Å². The molecule has 1 aromatic rings. The average molecular weight is 285 g/mol. The number of nitrogens with one attached hydrogen (secondary N) is 1. The first-order chi connectivity index (χ1) is 9.13. The monoisotopic (exact) mass is 285 g/mol. The molecule has 0 fully saturated rings. The Balaban J connectivity index is 2.71. The Morgan fingerprint density at radius 1 is 1.16 bits per heavy atom. The zero-order valence-electron chi connectivity index (χ0n) is 12.0. The van der Waals surface area contributed by atoms with Crippen molar-refractivity contribution < 1.29 is 13.6 Å². The van der Waals surface area contributed by atoms with Crippen LogP contribution in [0.15, 0.2) is 24.3 Å². The van der Waals surface area contributed by atoms with Crippen molar-refractivity contribution in [1.29, 1.82) is 0 Å². The predicted molar refractivity (Wildman–Crippen MR) is 80.2 cm³/mol. The normalized spacial score (nSPS) is 13.8. The second kappa shape index (κ2) is 8.23. The molecule has 0 aromatic heterocycles. The van der Waals surface area contributed by atoms with E-state index in [1.165, 1.54) is 0 Å². The maximum absolute atomic E-state index is 12.6. The quantitative estimate of drug-likeness (QED) is 0.677. The summed E-state index contributed by atoms with van der Waals surface area (Å²) in [5.74, 6) is 0.592. The summed E-state index contributed by atoms with van der Waals surface area (Å²) in [6.07, 6.45) is 3.12. The molecule has 1 rings (SSSR count). The molecule has 0 heterocycles. The van der Waals surface area contributed by atoms with E-state index in [1.807, 2.05) is 26.1 Å². The van der Waals surface area contributed by atoms with Crippen LogP contribution < -0.4 is 9.84 Å². The number of hydrogen-bond donors (Lipinski definition) is 1. The number of rotatable bonds is 9. The summed E-state index contributed by atoms with van der Waals surface area (Å²) in [6.45, 7) is 4.52. The van der Waals surface area contributed by atoms with Crippen molar-refractivity contribution in [3.05, 3.63) is 24.3 Å². The lowest BCUT2D eigenvalue weighted by Gasteiger charge is -2.19. The summed E-state index contributed by atoms with van der Waals surface area (Å²) >= 11 is 0. The highest BCUT2D eigenvalue weighted by atomic mass is 31.2. The van der Waals surface area contributed by atoms with Crippen molar-refractivity contribution in [2.75, 3.05) is 25.1 Å². The fraction of sp³-hybridized carbons (Fsp3) is 0.571. The van der Waals surface area contributed by atoms with E-state index in [9.17, 15) is 4.57 Å². The Labute approximate surface area is 116 Å². The topological polar surface area (TPSA) is 47.6 Å². The molecule has 0 spiro atoms. The van der Waals surface area contributed by atoms with Gasteiger partial charge in [0.25, 0.3) is 0 Å². The van der Waals surface area contributed by atoms with Crippen LogP contribution in [0.2, 0.25) is 0 Å². The van der Waals surface area contributed by atoms with E-state index in [4.69, 9.17) is 9.05 Å². The third-order valence-electron chi connectivity index (χ3n) is 2.67. The van der Waals surface area contributed by atoms with Crippen LogP contribution in [0.25, 0.3) is 0 Å². The number of hydrogen-bond acceptors (Lipinski definition) is 4. The zero-order chi connectivity index (χ0) is 14.1. The van der Waals surface area contributed by atoms with Crippen LogP contribution >= 0.6 is 7.60 Å². The van der Waals surface area contributed by atoms with Crippen LogP contribution in [0.1, 0.15) is 33.1 Å². The lowest BCUT2D eigenvalue weighted by atomic mass is 10.3. The molecule has 0 bridgehead atoms. The maximum Gasteiger partial charge on any atom is 0.379 e. The summed E-state index contributed by atoms with van der Waals surface area (Å²) in [5, 5.41) is 3.03. The van der Waals surface area contributed by atoms with Crippen molar-refractivity contribution in [3.8, 4) is 5.75 Å².